The van der Waals surface area contributed by atoms with Crippen molar-refractivity contribution < 1.29 is 4.79 Å². The standard InChI is InChI=1S/C15H6Cl5NOS/c16-6-1-2-7-12(3-6)23-14(13(7)20)15(22)21-11-5-9(18)8(17)4-10(11)19/h1-5H,(H,21,22). The Hall–Kier alpha value is -0.680. The molecule has 8 heteroatoms. The van der Waals surface area contributed by atoms with Gasteiger partial charge in [-0.15, -0.1) is 11.3 Å². The highest BCUT2D eigenvalue weighted by atomic mass is 35.5. The lowest BCUT2D eigenvalue weighted by atomic mass is 10.2. The van der Waals surface area contributed by atoms with Crippen molar-refractivity contribution in [2.24, 2.45) is 0 Å². The zero-order chi connectivity index (χ0) is 16.7. The molecule has 0 aliphatic carbocycles. The van der Waals surface area contributed by atoms with Crippen molar-refractivity contribution in [2.75, 3.05) is 5.32 Å². The molecule has 1 N–H and O–H groups in total. The van der Waals surface area contributed by atoms with E-state index in [9.17, 15) is 4.79 Å². The maximum atomic E-state index is 12.5. The van der Waals surface area contributed by atoms with Gasteiger partial charge in [-0.2, -0.15) is 0 Å². The van der Waals surface area contributed by atoms with Crippen LogP contribution in [-0.2, 0) is 0 Å². The first-order valence-corrected chi connectivity index (χ1v) is 8.91. The molecule has 0 bridgehead atoms. The number of amides is 1. The Labute approximate surface area is 160 Å². The molecule has 0 spiro atoms. The fraction of sp³-hybridized carbons (Fsp3) is 0. The summed E-state index contributed by atoms with van der Waals surface area (Å²) < 4.78 is 0.827. The largest absolute Gasteiger partial charge is 0.320 e. The zero-order valence-corrected chi connectivity index (χ0v) is 15.7. The Morgan fingerprint density at radius 3 is 2.35 bits per heavy atom. The molecule has 0 unspecified atom stereocenters. The quantitative estimate of drug-likeness (QED) is 0.425. The van der Waals surface area contributed by atoms with Gasteiger partial charge in [0, 0.05) is 15.1 Å². The van der Waals surface area contributed by atoms with E-state index in [1.807, 2.05) is 0 Å². The predicted molar refractivity (Wildman–Crippen MR) is 101 cm³/mol. The predicted octanol–water partition coefficient (Wildman–Crippen LogP) is 7.42. The highest BCUT2D eigenvalue weighted by molar-refractivity contribution is 7.21. The number of halogens is 5. The molecule has 2 aromatic carbocycles. The molecule has 1 amide bonds. The molecule has 1 heterocycles. The Kier molecular flexibility index (Phi) is 4.98. The van der Waals surface area contributed by atoms with E-state index in [0.717, 1.165) is 10.1 Å². The van der Waals surface area contributed by atoms with Crippen LogP contribution in [0.5, 0.6) is 0 Å². The molecule has 0 aliphatic heterocycles. The average Bonchev–Trinajstić information content (AvgIpc) is 2.81. The first-order chi connectivity index (χ1) is 10.9. The van der Waals surface area contributed by atoms with Crippen LogP contribution in [0, 0.1) is 0 Å². The van der Waals surface area contributed by atoms with Gasteiger partial charge in [0.25, 0.3) is 5.91 Å². The lowest BCUT2D eigenvalue weighted by molar-refractivity contribution is 0.103. The average molecular weight is 426 g/mol. The second kappa shape index (κ2) is 6.67. The molecule has 118 valence electrons. The minimum Gasteiger partial charge on any atom is -0.320 e. The molecule has 3 rings (SSSR count). The molecule has 1 aromatic heterocycles. The number of benzene rings is 2. The normalized spacial score (nSPS) is 11.0. The van der Waals surface area contributed by atoms with Gasteiger partial charge in [-0.1, -0.05) is 64.1 Å². The Bertz CT molecular complexity index is 937. The van der Waals surface area contributed by atoms with Crippen molar-refractivity contribution in [3.05, 3.63) is 60.3 Å². The van der Waals surface area contributed by atoms with E-state index in [1.165, 1.54) is 23.5 Å². The first-order valence-electron chi connectivity index (χ1n) is 6.20. The Morgan fingerprint density at radius 2 is 1.61 bits per heavy atom. The van der Waals surface area contributed by atoms with Gasteiger partial charge in [0.2, 0.25) is 0 Å². The molecule has 0 saturated carbocycles. The number of carbonyl (C=O) groups is 1. The van der Waals surface area contributed by atoms with E-state index in [-0.39, 0.29) is 10.9 Å². The highest BCUT2D eigenvalue weighted by Gasteiger charge is 2.19. The van der Waals surface area contributed by atoms with E-state index in [4.69, 9.17) is 58.0 Å². The van der Waals surface area contributed by atoms with Crippen LogP contribution in [0.3, 0.4) is 0 Å². The van der Waals surface area contributed by atoms with E-state index >= 15 is 0 Å². The molecule has 0 fully saturated rings. The summed E-state index contributed by atoms with van der Waals surface area (Å²) in [7, 11) is 0. The molecular weight excluding hydrogens is 420 g/mol. The van der Waals surface area contributed by atoms with Crippen molar-refractivity contribution in [1.82, 2.24) is 0 Å². The van der Waals surface area contributed by atoms with Crippen molar-refractivity contribution in [2.45, 2.75) is 0 Å². The van der Waals surface area contributed by atoms with Crippen LogP contribution in [0.25, 0.3) is 10.1 Å². The number of fused-ring (bicyclic) bond motifs is 1. The number of hydrogen-bond donors (Lipinski definition) is 1. The molecule has 23 heavy (non-hydrogen) atoms. The highest BCUT2D eigenvalue weighted by Crippen LogP contribution is 2.38. The number of nitrogens with one attached hydrogen (secondary N) is 1. The topological polar surface area (TPSA) is 29.1 Å². The second-order valence-electron chi connectivity index (χ2n) is 4.59. The number of carbonyl (C=O) groups excluding carboxylic acids is 1. The van der Waals surface area contributed by atoms with E-state index in [0.29, 0.717) is 30.7 Å². The summed E-state index contributed by atoms with van der Waals surface area (Å²) in [6.07, 6.45) is 0. The lowest BCUT2D eigenvalue weighted by Gasteiger charge is -2.08. The van der Waals surface area contributed by atoms with Gasteiger partial charge in [-0.25, -0.2) is 0 Å². The number of rotatable bonds is 2. The van der Waals surface area contributed by atoms with Crippen LogP contribution in [-0.4, -0.2) is 5.91 Å². The van der Waals surface area contributed by atoms with Crippen LogP contribution >= 0.6 is 69.3 Å². The molecule has 0 saturated heterocycles. The van der Waals surface area contributed by atoms with Gasteiger partial charge >= 0.3 is 0 Å². The van der Waals surface area contributed by atoms with Crippen molar-refractivity contribution in [3.8, 4) is 0 Å². The molecule has 0 aliphatic rings. The van der Waals surface area contributed by atoms with Crippen LogP contribution in [0.4, 0.5) is 5.69 Å². The van der Waals surface area contributed by atoms with Gasteiger partial charge < -0.3 is 5.32 Å². The summed E-state index contributed by atoms with van der Waals surface area (Å²) >= 11 is 31.4. The van der Waals surface area contributed by atoms with Gasteiger partial charge in [-0.3, -0.25) is 4.79 Å². The van der Waals surface area contributed by atoms with Crippen LogP contribution < -0.4 is 5.32 Å². The van der Waals surface area contributed by atoms with Crippen LogP contribution in [0.2, 0.25) is 25.1 Å². The third-order valence-electron chi connectivity index (χ3n) is 3.06. The molecular formula is C15H6Cl5NOS. The van der Waals surface area contributed by atoms with Gasteiger partial charge in [0.1, 0.15) is 4.88 Å². The molecule has 3 aromatic rings. The Balaban J connectivity index is 1.98. The molecule has 0 atom stereocenters. The fourth-order valence-electron chi connectivity index (χ4n) is 1.98. The summed E-state index contributed by atoms with van der Waals surface area (Å²) in [5, 5.41) is 5.30. The smallest absolute Gasteiger partial charge is 0.267 e. The van der Waals surface area contributed by atoms with E-state index < -0.39 is 0 Å². The summed E-state index contributed by atoms with van der Waals surface area (Å²) in [4.78, 5) is 12.9. The van der Waals surface area contributed by atoms with E-state index in [2.05, 4.69) is 5.32 Å². The molecule has 0 radical (unpaired) electrons. The minimum atomic E-state index is -0.382. The monoisotopic (exact) mass is 423 g/mol. The number of hydrogen-bond acceptors (Lipinski definition) is 2. The fourth-order valence-corrected chi connectivity index (χ4v) is 4.26. The Morgan fingerprint density at radius 1 is 0.913 bits per heavy atom. The maximum Gasteiger partial charge on any atom is 0.267 e. The molecule has 2 nitrogen and oxygen atoms in total. The van der Waals surface area contributed by atoms with Crippen molar-refractivity contribution in [1.29, 1.82) is 0 Å². The summed E-state index contributed by atoms with van der Waals surface area (Å²) in [6.45, 7) is 0. The van der Waals surface area contributed by atoms with Crippen LogP contribution in [0.1, 0.15) is 9.67 Å². The van der Waals surface area contributed by atoms with Gasteiger partial charge in [0.15, 0.2) is 0 Å². The number of thiophene rings is 1. The zero-order valence-electron chi connectivity index (χ0n) is 11.1. The lowest BCUT2D eigenvalue weighted by Crippen LogP contribution is -2.11. The van der Waals surface area contributed by atoms with Crippen molar-refractivity contribution >= 4 is 91.0 Å². The maximum absolute atomic E-state index is 12.5. The summed E-state index contributed by atoms with van der Waals surface area (Å²) in [5.41, 5.74) is 0.359. The third kappa shape index (κ3) is 3.41. The summed E-state index contributed by atoms with van der Waals surface area (Å²) in [6, 6.07) is 8.21. The second-order valence-corrected chi connectivity index (χ2v) is 7.67. The number of anilines is 1. The van der Waals surface area contributed by atoms with Gasteiger partial charge in [-0.05, 0) is 24.3 Å². The first kappa shape index (κ1) is 17.2. The van der Waals surface area contributed by atoms with E-state index in [1.54, 1.807) is 18.2 Å². The van der Waals surface area contributed by atoms with Crippen LogP contribution in [0.15, 0.2) is 30.3 Å². The van der Waals surface area contributed by atoms with Gasteiger partial charge in [0.05, 0.1) is 25.8 Å². The SMILES string of the molecule is O=C(Nc1cc(Cl)c(Cl)cc1Cl)c1sc2cc(Cl)ccc2c1Cl. The third-order valence-corrected chi connectivity index (χ3v) is 5.98. The minimum absolute atomic E-state index is 0.285. The summed E-state index contributed by atoms with van der Waals surface area (Å²) in [5.74, 6) is -0.382. The van der Waals surface area contributed by atoms with Crippen molar-refractivity contribution in [3.63, 3.8) is 0 Å².